The van der Waals surface area contributed by atoms with Gasteiger partial charge in [0.05, 0.1) is 18.2 Å². The highest BCUT2D eigenvalue weighted by Gasteiger charge is 2.26. The molecule has 0 saturated carbocycles. The van der Waals surface area contributed by atoms with Crippen LogP contribution < -0.4 is 5.32 Å². The average Bonchev–Trinajstić information content (AvgIpc) is 2.86. The van der Waals surface area contributed by atoms with Crippen molar-refractivity contribution >= 4 is 11.7 Å². The minimum atomic E-state index is -0.229. The number of aliphatic hydroxyl groups excluding tert-OH is 1. The summed E-state index contributed by atoms with van der Waals surface area (Å²) in [6.45, 7) is 0.472. The highest BCUT2D eigenvalue weighted by Crippen LogP contribution is 2.18. The van der Waals surface area contributed by atoms with Crippen molar-refractivity contribution in [3.63, 3.8) is 0 Å². The van der Waals surface area contributed by atoms with Crippen LogP contribution in [0.5, 0.6) is 0 Å². The first-order valence-electron chi connectivity index (χ1n) is 5.49. The van der Waals surface area contributed by atoms with Crippen LogP contribution in [0.2, 0.25) is 0 Å². The Morgan fingerprint density at radius 1 is 1.71 bits per heavy atom. The molecule has 1 atom stereocenters. The molecule has 2 N–H and O–H groups in total. The molecule has 17 heavy (non-hydrogen) atoms. The fourth-order valence-corrected chi connectivity index (χ4v) is 1.90. The normalized spacial score (nSPS) is 18.5. The van der Waals surface area contributed by atoms with E-state index >= 15 is 0 Å². The van der Waals surface area contributed by atoms with E-state index in [9.17, 15) is 9.90 Å². The molecule has 1 aromatic rings. The van der Waals surface area contributed by atoms with Crippen molar-refractivity contribution in [3.8, 4) is 0 Å². The number of pyridine rings is 1. The maximum atomic E-state index is 12.3. The van der Waals surface area contributed by atoms with Gasteiger partial charge in [-0.2, -0.15) is 0 Å². The van der Waals surface area contributed by atoms with Crippen LogP contribution in [0, 0.1) is 0 Å². The first-order chi connectivity index (χ1) is 8.27. The first-order valence-corrected chi connectivity index (χ1v) is 5.49. The van der Waals surface area contributed by atoms with Gasteiger partial charge >= 0.3 is 0 Å². The molecular weight excluding hydrogens is 218 g/mol. The summed E-state index contributed by atoms with van der Waals surface area (Å²) in [6, 6.07) is 3.23. The maximum absolute atomic E-state index is 12.3. The second-order valence-electron chi connectivity index (χ2n) is 3.79. The van der Waals surface area contributed by atoms with Gasteiger partial charge in [0.25, 0.3) is 5.91 Å². The summed E-state index contributed by atoms with van der Waals surface area (Å²) in [5.74, 6) is 0.438. The van der Waals surface area contributed by atoms with Gasteiger partial charge in [-0.1, -0.05) is 12.2 Å². The molecule has 0 bridgehead atoms. The molecule has 0 radical (unpaired) electrons. The number of hydrogen-bond donors (Lipinski definition) is 2. The smallest absolute Gasteiger partial charge is 0.258 e. The quantitative estimate of drug-likeness (QED) is 0.746. The number of aliphatic hydroxyl groups is 1. The minimum Gasteiger partial charge on any atom is -0.394 e. The number of aromatic nitrogens is 1. The number of nitrogens with one attached hydrogen (secondary N) is 1. The number of hydrogen-bond acceptors (Lipinski definition) is 4. The number of nitrogens with zero attached hydrogens (tertiary/aromatic N) is 2. The lowest BCUT2D eigenvalue weighted by Crippen LogP contribution is -2.38. The van der Waals surface area contributed by atoms with E-state index in [0.717, 1.165) is 0 Å². The van der Waals surface area contributed by atoms with Crippen molar-refractivity contribution in [1.29, 1.82) is 0 Å². The van der Waals surface area contributed by atoms with E-state index in [1.807, 2.05) is 12.2 Å². The summed E-state index contributed by atoms with van der Waals surface area (Å²) in [5, 5.41) is 12.1. The molecule has 1 unspecified atom stereocenters. The zero-order valence-corrected chi connectivity index (χ0v) is 9.63. The molecule has 0 fully saturated rings. The maximum Gasteiger partial charge on any atom is 0.258 e. The lowest BCUT2D eigenvalue weighted by atomic mass is 10.2. The molecule has 2 heterocycles. The predicted molar refractivity (Wildman–Crippen MR) is 64.8 cm³/mol. The molecule has 0 aromatic carbocycles. The van der Waals surface area contributed by atoms with Gasteiger partial charge in [0.15, 0.2) is 0 Å². The minimum absolute atomic E-state index is 0.0581. The Morgan fingerprint density at radius 3 is 3.24 bits per heavy atom. The highest BCUT2D eigenvalue weighted by molar-refractivity contribution is 5.99. The molecule has 1 amide bonds. The van der Waals surface area contributed by atoms with Crippen molar-refractivity contribution in [2.75, 3.05) is 25.5 Å². The summed E-state index contributed by atoms with van der Waals surface area (Å²) < 4.78 is 0. The van der Waals surface area contributed by atoms with Crippen LogP contribution in [0.25, 0.3) is 0 Å². The molecule has 1 aliphatic heterocycles. The van der Waals surface area contributed by atoms with E-state index in [0.29, 0.717) is 17.9 Å². The molecule has 5 nitrogen and oxygen atoms in total. The fourth-order valence-electron chi connectivity index (χ4n) is 1.90. The Balaban J connectivity index is 2.25. The number of carbonyl (C=O) groups excluding carboxylic acids is 1. The third kappa shape index (κ3) is 2.14. The Kier molecular flexibility index (Phi) is 3.39. The van der Waals surface area contributed by atoms with E-state index in [-0.39, 0.29) is 18.6 Å². The van der Waals surface area contributed by atoms with Gasteiger partial charge in [-0.15, -0.1) is 0 Å². The van der Waals surface area contributed by atoms with E-state index in [1.165, 1.54) is 0 Å². The molecular formula is C12H15N3O2. The first kappa shape index (κ1) is 11.6. The Bertz CT molecular complexity index is 445. The zero-order valence-electron chi connectivity index (χ0n) is 9.63. The van der Waals surface area contributed by atoms with Crippen molar-refractivity contribution in [1.82, 2.24) is 9.88 Å². The number of carbonyl (C=O) groups is 1. The molecule has 5 heteroatoms. The zero-order chi connectivity index (χ0) is 12.3. The number of anilines is 1. The van der Waals surface area contributed by atoms with E-state index in [2.05, 4.69) is 10.3 Å². The van der Waals surface area contributed by atoms with Gasteiger partial charge in [-0.25, -0.2) is 4.98 Å². The van der Waals surface area contributed by atoms with Crippen LogP contribution in [0.15, 0.2) is 30.5 Å². The Morgan fingerprint density at radius 2 is 2.53 bits per heavy atom. The average molecular weight is 233 g/mol. The molecule has 2 rings (SSSR count). The summed E-state index contributed by atoms with van der Waals surface area (Å²) in [4.78, 5) is 18.0. The van der Waals surface area contributed by atoms with Gasteiger partial charge < -0.3 is 15.3 Å². The van der Waals surface area contributed by atoms with Crippen molar-refractivity contribution in [2.45, 2.75) is 6.04 Å². The van der Waals surface area contributed by atoms with Crippen molar-refractivity contribution in [2.24, 2.45) is 0 Å². The predicted octanol–water partition coefficient (Wildman–Crippen LogP) is 0.496. The molecule has 1 aromatic heterocycles. The van der Waals surface area contributed by atoms with Gasteiger partial charge in [0.1, 0.15) is 5.82 Å². The topological polar surface area (TPSA) is 65.5 Å². The molecule has 0 aliphatic carbocycles. The van der Waals surface area contributed by atoms with Crippen molar-refractivity contribution < 1.29 is 9.90 Å². The third-order valence-corrected chi connectivity index (χ3v) is 2.78. The van der Waals surface area contributed by atoms with Crippen LogP contribution in [0.4, 0.5) is 5.82 Å². The van der Waals surface area contributed by atoms with E-state index in [4.69, 9.17) is 0 Å². The fraction of sp³-hybridized carbons (Fsp3) is 0.333. The van der Waals surface area contributed by atoms with Crippen molar-refractivity contribution in [3.05, 3.63) is 36.0 Å². The third-order valence-electron chi connectivity index (χ3n) is 2.78. The summed E-state index contributed by atoms with van der Waals surface area (Å²) in [5.41, 5.74) is 0.525. The second kappa shape index (κ2) is 4.97. The van der Waals surface area contributed by atoms with Crippen LogP contribution in [0.1, 0.15) is 10.4 Å². The highest BCUT2D eigenvalue weighted by atomic mass is 16.3. The molecule has 90 valence electrons. The lowest BCUT2D eigenvalue weighted by molar-refractivity contribution is 0.0701. The van der Waals surface area contributed by atoms with Crippen LogP contribution in [0.3, 0.4) is 0 Å². The van der Waals surface area contributed by atoms with Crippen LogP contribution in [-0.4, -0.2) is 47.1 Å². The molecule has 0 saturated heterocycles. The lowest BCUT2D eigenvalue weighted by Gasteiger charge is -2.23. The van der Waals surface area contributed by atoms with Gasteiger partial charge in [0, 0.05) is 19.8 Å². The van der Waals surface area contributed by atoms with Crippen LogP contribution in [-0.2, 0) is 0 Å². The standard InChI is InChI=1S/C12H15N3O2/c1-13-11-10(5-2-6-14-11)12(17)15-7-3-4-9(15)8-16/h2-6,9,16H,7-8H2,1H3,(H,13,14). The van der Waals surface area contributed by atoms with Crippen LogP contribution >= 0.6 is 0 Å². The second-order valence-corrected chi connectivity index (χ2v) is 3.79. The monoisotopic (exact) mass is 233 g/mol. The summed E-state index contributed by atoms with van der Waals surface area (Å²) >= 11 is 0. The largest absolute Gasteiger partial charge is 0.394 e. The SMILES string of the molecule is CNc1ncccc1C(=O)N1CC=CC1CO. The van der Waals surface area contributed by atoms with Gasteiger partial charge in [0.2, 0.25) is 0 Å². The van der Waals surface area contributed by atoms with E-state index in [1.54, 1.807) is 30.3 Å². The Labute approximate surface area is 99.8 Å². The number of amides is 1. The molecule has 1 aliphatic rings. The van der Waals surface area contributed by atoms with Gasteiger partial charge in [-0.05, 0) is 12.1 Å². The summed E-state index contributed by atoms with van der Waals surface area (Å²) in [6.07, 6.45) is 5.36. The van der Waals surface area contributed by atoms with Gasteiger partial charge in [-0.3, -0.25) is 4.79 Å². The number of rotatable bonds is 3. The molecule has 0 spiro atoms. The Hall–Kier alpha value is -1.88. The summed E-state index contributed by atoms with van der Waals surface area (Å²) in [7, 11) is 1.73. The van der Waals surface area contributed by atoms with E-state index < -0.39 is 0 Å².